The van der Waals surface area contributed by atoms with E-state index in [-0.39, 0.29) is 0 Å². The Labute approximate surface area is 126 Å². The molecule has 4 heteroatoms. The van der Waals surface area contributed by atoms with E-state index in [0.717, 1.165) is 12.8 Å². The maximum atomic E-state index is 11.8. The molecule has 0 fully saturated rings. The van der Waals surface area contributed by atoms with Crippen molar-refractivity contribution in [2.75, 3.05) is 12.3 Å². The van der Waals surface area contributed by atoms with Gasteiger partial charge in [0, 0.05) is 0 Å². The van der Waals surface area contributed by atoms with Crippen molar-refractivity contribution in [3.05, 3.63) is 28.8 Å². The Bertz CT molecular complexity index is 421. The highest BCUT2D eigenvalue weighted by Crippen LogP contribution is 2.23. The number of anilines is 1. The van der Waals surface area contributed by atoms with Gasteiger partial charge in [-0.15, -0.1) is 0 Å². The fourth-order valence-electron chi connectivity index (χ4n) is 2.02. The fraction of sp³-hybridized carbons (Fsp3) is 0.562. The van der Waals surface area contributed by atoms with Crippen LogP contribution >= 0.6 is 11.6 Å². The van der Waals surface area contributed by atoms with Gasteiger partial charge in [-0.2, -0.15) is 0 Å². The van der Waals surface area contributed by atoms with Crippen molar-refractivity contribution in [1.82, 2.24) is 0 Å². The maximum Gasteiger partial charge on any atom is 0.340 e. The lowest BCUT2D eigenvalue weighted by Gasteiger charge is -2.08. The minimum Gasteiger partial charge on any atom is -0.462 e. The van der Waals surface area contributed by atoms with Crippen LogP contribution in [0.5, 0.6) is 0 Å². The molecule has 0 heterocycles. The van der Waals surface area contributed by atoms with E-state index in [0.29, 0.717) is 22.9 Å². The minimum atomic E-state index is -0.393. The molecular weight excluding hydrogens is 274 g/mol. The Kier molecular flexibility index (Phi) is 8.12. The number of ether oxygens (including phenoxy) is 1. The van der Waals surface area contributed by atoms with E-state index < -0.39 is 5.97 Å². The molecule has 112 valence electrons. The average molecular weight is 298 g/mol. The Balaban J connectivity index is 2.19. The topological polar surface area (TPSA) is 52.3 Å². The number of nitrogen functional groups attached to an aromatic ring is 1. The molecule has 0 spiro atoms. The first-order valence-electron chi connectivity index (χ1n) is 7.38. The van der Waals surface area contributed by atoms with Gasteiger partial charge in [-0.3, -0.25) is 0 Å². The van der Waals surface area contributed by atoms with Crippen LogP contribution in [0.25, 0.3) is 0 Å². The first-order valence-corrected chi connectivity index (χ1v) is 7.75. The molecule has 0 aliphatic carbocycles. The van der Waals surface area contributed by atoms with Gasteiger partial charge in [-0.1, -0.05) is 63.1 Å². The van der Waals surface area contributed by atoms with Crippen molar-refractivity contribution in [1.29, 1.82) is 0 Å². The molecule has 0 amide bonds. The molecule has 0 saturated carbocycles. The molecular formula is C16H24ClNO2. The number of unbranched alkanes of at least 4 members (excludes halogenated alkanes) is 6. The van der Waals surface area contributed by atoms with Crippen LogP contribution in [0, 0.1) is 0 Å². The third-order valence-electron chi connectivity index (χ3n) is 3.25. The summed E-state index contributed by atoms with van der Waals surface area (Å²) in [7, 11) is 0. The Hall–Kier alpha value is -1.22. The lowest BCUT2D eigenvalue weighted by molar-refractivity contribution is 0.0499. The summed E-state index contributed by atoms with van der Waals surface area (Å²) >= 11 is 5.87. The number of hydrogen-bond acceptors (Lipinski definition) is 3. The molecule has 0 aromatic heterocycles. The van der Waals surface area contributed by atoms with Crippen molar-refractivity contribution in [2.24, 2.45) is 0 Å². The second kappa shape index (κ2) is 9.65. The van der Waals surface area contributed by atoms with Gasteiger partial charge in [0.1, 0.15) is 0 Å². The highest BCUT2D eigenvalue weighted by atomic mass is 35.5. The molecule has 0 atom stereocenters. The summed E-state index contributed by atoms with van der Waals surface area (Å²) < 4.78 is 5.21. The zero-order chi connectivity index (χ0) is 14.8. The Morgan fingerprint density at radius 3 is 2.50 bits per heavy atom. The van der Waals surface area contributed by atoms with Gasteiger partial charge >= 0.3 is 5.97 Å². The van der Waals surface area contributed by atoms with Crippen molar-refractivity contribution in [2.45, 2.75) is 51.9 Å². The Morgan fingerprint density at radius 1 is 1.15 bits per heavy atom. The smallest absolute Gasteiger partial charge is 0.340 e. The highest BCUT2D eigenvalue weighted by molar-refractivity contribution is 6.33. The van der Waals surface area contributed by atoms with E-state index in [9.17, 15) is 4.79 Å². The van der Waals surface area contributed by atoms with Crippen LogP contribution in [0.15, 0.2) is 18.2 Å². The molecule has 0 radical (unpaired) electrons. The van der Waals surface area contributed by atoms with Crippen molar-refractivity contribution >= 4 is 23.3 Å². The summed E-state index contributed by atoms with van der Waals surface area (Å²) in [4.78, 5) is 11.8. The molecule has 1 aromatic rings. The first kappa shape index (κ1) is 16.8. The van der Waals surface area contributed by atoms with Gasteiger partial charge in [-0.25, -0.2) is 4.79 Å². The van der Waals surface area contributed by atoms with Gasteiger partial charge in [0.05, 0.1) is 22.9 Å². The van der Waals surface area contributed by atoms with Crippen LogP contribution in [-0.2, 0) is 4.74 Å². The number of para-hydroxylation sites is 1. The molecule has 1 aromatic carbocycles. The third-order valence-corrected chi connectivity index (χ3v) is 3.58. The summed E-state index contributed by atoms with van der Waals surface area (Å²) in [6.45, 7) is 2.65. The van der Waals surface area contributed by atoms with Gasteiger partial charge < -0.3 is 10.5 Å². The van der Waals surface area contributed by atoms with E-state index in [1.807, 2.05) is 0 Å². The van der Waals surface area contributed by atoms with E-state index in [1.54, 1.807) is 18.2 Å². The summed E-state index contributed by atoms with van der Waals surface area (Å²) in [6.07, 6.45) is 8.34. The molecule has 1 rings (SSSR count). The standard InChI is InChI=1S/C16H24ClNO2/c1-2-3-4-5-6-7-8-12-20-16(19)13-10-9-11-14(17)15(13)18/h9-11H,2-8,12,18H2,1H3. The Morgan fingerprint density at radius 2 is 1.80 bits per heavy atom. The monoisotopic (exact) mass is 297 g/mol. The van der Waals surface area contributed by atoms with E-state index >= 15 is 0 Å². The number of halogens is 1. The first-order chi connectivity index (χ1) is 9.66. The van der Waals surface area contributed by atoms with Crippen LogP contribution < -0.4 is 5.73 Å². The van der Waals surface area contributed by atoms with Crippen LogP contribution in [0.2, 0.25) is 5.02 Å². The minimum absolute atomic E-state index is 0.290. The molecule has 0 aliphatic rings. The summed E-state index contributed by atoms with van der Waals surface area (Å²) in [5.74, 6) is -0.393. The van der Waals surface area contributed by atoms with Gasteiger partial charge in [0.2, 0.25) is 0 Å². The highest BCUT2D eigenvalue weighted by Gasteiger charge is 2.12. The van der Waals surface area contributed by atoms with Crippen LogP contribution in [0.4, 0.5) is 5.69 Å². The van der Waals surface area contributed by atoms with E-state index in [2.05, 4.69) is 6.92 Å². The number of rotatable bonds is 9. The van der Waals surface area contributed by atoms with Gasteiger partial charge in [0.15, 0.2) is 0 Å². The number of carbonyl (C=O) groups excluding carboxylic acids is 1. The molecule has 0 aliphatic heterocycles. The number of nitrogens with two attached hydrogens (primary N) is 1. The predicted octanol–water partition coefficient (Wildman–Crippen LogP) is 4.83. The van der Waals surface area contributed by atoms with Crippen molar-refractivity contribution in [3.8, 4) is 0 Å². The van der Waals surface area contributed by atoms with Gasteiger partial charge in [-0.05, 0) is 18.6 Å². The van der Waals surface area contributed by atoms with Gasteiger partial charge in [0.25, 0.3) is 0 Å². The summed E-state index contributed by atoms with van der Waals surface area (Å²) in [5, 5.41) is 0.385. The third kappa shape index (κ3) is 5.83. The molecule has 0 unspecified atom stereocenters. The number of esters is 1. The second-order valence-electron chi connectivity index (χ2n) is 4.96. The number of carbonyl (C=O) groups is 1. The maximum absolute atomic E-state index is 11.8. The summed E-state index contributed by atoms with van der Waals surface area (Å²) in [6, 6.07) is 4.99. The quantitative estimate of drug-likeness (QED) is 0.403. The molecule has 0 bridgehead atoms. The number of benzene rings is 1. The zero-order valence-corrected chi connectivity index (χ0v) is 12.9. The zero-order valence-electron chi connectivity index (χ0n) is 12.2. The average Bonchev–Trinajstić information content (AvgIpc) is 2.44. The molecule has 0 saturated heterocycles. The largest absolute Gasteiger partial charge is 0.462 e. The molecule has 20 heavy (non-hydrogen) atoms. The molecule has 2 N–H and O–H groups in total. The van der Waals surface area contributed by atoms with E-state index in [1.165, 1.54) is 32.1 Å². The van der Waals surface area contributed by atoms with Crippen LogP contribution in [0.3, 0.4) is 0 Å². The van der Waals surface area contributed by atoms with E-state index in [4.69, 9.17) is 22.1 Å². The fourth-order valence-corrected chi connectivity index (χ4v) is 2.19. The predicted molar refractivity (Wildman–Crippen MR) is 84.1 cm³/mol. The second-order valence-corrected chi connectivity index (χ2v) is 5.37. The lowest BCUT2D eigenvalue weighted by Crippen LogP contribution is -2.09. The SMILES string of the molecule is CCCCCCCCCOC(=O)c1cccc(Cl)c1N. The van der Waals surface area contributed by atoms with Crippen molar-refractivity contribution in [3.63, 3.8) is 0 Å². The van der Waals surface area contributed by atoms with Crippen LogP contribution in [-0.4, -0.2) is 12.6 Å². The van der Waals surface area contributed by atoms with Crippen LogP contribution in [0.1, 0.15) is 62.2 Å². The van der Waals surface area contributed by atoms with Crippen molar-refractivity contribution < 1.29 is 9.53 Å². The summed E-state index contributed by atoms with van der Waals surface area (Å²) in [5.41, 5.74) is 6.39. The number of hydrogen-bond donors (Lipinski definition) is 1. The lowest BCUT2D eigenvalue weighted by atomic mass is 10.1. The normalized spacial score (nSPS) is 10.5. The molecule has 3 nitrogen and oxygen atoms in total.